The highest BCUT2D eigenvalue weighted by Crippen LogP contribution is 2.48. The first-order chi connectivity index (χ1) is 52.7. The molecule has 646 valence electrons. The van der Waals surface area contributed by atoms with Crippen LogP contribution in [0.3, 0.4) is 0 Å². The maximum atomic E-state index is 12.9. The van der Waals surface area contributed by atoms with Gasteiger partial charge in [0.1, 0.15) is 0 Å². The summed E-state index contributed by atoms with van der Waals surface area (Å²) in [6, 6.07) is 0.444. The highest BCUT2D eigenvalue weighted by molar-refractivity contribution is 6.38. The number of likely N-dealkylation sites (N-methyl/N-ethyl adjacent to an activating group) is 2. The van der Waals surface area contributed by atoms with Crippen LogP contribution in [-0.2, 0) is 101 Å². The summed E-state index contributed by atoms with van der Waals surface area (Å²) in [6.45, 7) is 24.1. The van der Waals surface area contributed by atoms with Crippen LogP contribution < -0.4 is 42.5 Å². The number of ketones is 10. The lowest BCUT2D eigenvalue weighted by Gasteiger charge is -2.48. The van der Waals surface area contributed by atoms with E-state index in [4.69, 9.17) is 19.7 Å². The second-order valence-electron chi connectivity index (χ2n) is 30.6. The van der Waals surface area contributed by atoms with Crippen LogP contribution >= 0.6 is 0 Å². The maximum Gasteiger partial charge on any atom is 0.416 e. The molecule has 0 spiro atoms. The molecule has 9 rings (SSSR count). The number of alkyl halides is 5. The second kappa shape index (κ2) is 47.4. The molecule has 34 nitrogen and oxygen atoms in total. The molecule has 0 aromatic rings. The summed E-state index contributed by atoms with van der Waals surface area (Å²) in [4.78, 5) is 201. The quantitative estimate of drug-likeness (QED) is 0.0519. The normalized spacial score (nSPS) is 19.8. The number of aliphatic hydroxyl groups is 2. The first kappa shape index (κ1) is 103. The number of rotatable bonds is 22. The molecule has 0 atom stereocenters. The minimum Gasteiger partial charge on any atom is -0.396 e. The molecule has 5 aliphatic heterocycles. The van der Waals surface area contributed by atoms with Gasteiger partial charge in [-0.2, -0.15) is 13.2 Å². The number of nitrogens with one attached hydrogen (secondary N) is 8. The van der Waals surface area contributed by atoms with Crippen molar-refractivity contribution in [2.75, 3.05) is 113 Å². The fourth-order valence-electron chi connectivity index (χ4n) is 11.6. The van der Waals surface area contributed by atoms with E-state index in [0.29, 0.717) is 39.5 Å². The number of carbonyl (C=O) groups is 18. The number of nitrogens with zero attached hydrogens (tertiary/aromatic N) is 3. The number of amides is 8. The third kappa shape index (κ3) is 36.9. The summed E-state index contributed by atoms with van der Waals surface area (Å²) in [6.07, 6.45) is 8.08. The standard InChI is InChI=1S/C10H14F2N2O2.C9H16N2O2.C9H15NO3.C9H15NO2.C8H14N2O2.C8H13NO2.C8H12O4.C7H8F3NO3.C7H11NO3/c1-6(15)8(16)14-9(7(2)13-3)4-10(11,12)5-9;1-7(12)9(13)10-8-3-5-11(2)6-4-8;1-7(11)8(12)10-9(2)3-5-13-6-4-9;1-7(11)8(12)10-9(2)5-3-4-6-9;1-7(11)8(12)10-5-3-9(2)4-6-10;1-6(10)8(11)9-7-4-2-3-5-7;1-6(10)7(11)2-8(3-9)4-12-5-8;1-4(12)5(13)11-6(2-14-3-6)7(8,9)10;1-5(10)6(11)8-7(4-9)2-3-7/h13H,2,4-5H2,1,3H3,(H,14,16);8H,3-6H2,1-2H3,(H,10,13);3-6H2,1-2H3,(H,10,12);3-6H2,1-2H3,(H,10,12);3-6H2,1-2H3;7H,2-5H2,1H3,(H,9,11);9H,2-5H2,1H3;2-3H2,1H3,(H,11,13);9H,2-4H2,1H3,(H,8,11). The van der Waals surface area contributed by atoms with Gasteiger partial charge in [-0.05, 0) is 105 Å². The predicted molar refractivity (Wildman–Crippen MR) is 399 cm³/mol. The van der Waals surface area contributed by atoms with Crippen LogP contribution in [0.1, 0.15) is 185 Å². The fraction of sp³-hybridized carbons (Fsp3) is 0.733. The van der Waals surface area contributed by atoms with E-state index in [1.165, 1.54) is 68.4 Å². The third-order valence-corrected chi connectivity index (χ3v) is 19.8. The van der Waals surface area contributed by atoms with Gasteiger partial charge in [-0.3, -0.25) is 86.3 Å². The number of hydrogen-bond donors (Lipinski definition) is 10. The minimum absolute atomic E-state index is 0.0774. The molecule has 114 heavy (non-hydrogen) atoms. The van der Waals surface area contributed by atoms with Crippen molar-refractivity contribution in [2.45, 2.75) is 237 Å². The summed E-state index contributed by atoms with van der Waals surface area (Å²) in [5, 5.41) is 37.6. The Kier molecular flexibility index (Phi) is 43.0. The van der Waals surface area contributed by atoms with Crippen LogP contribution in [0.2, 0.25) is 0 Å². The zero-order chi connectivity index (χ0) is 87.6. The van der Waals surface area contributed by atoms with Gasteiger partial charge >= 0.3 is 6.18 Å². The van der Waals surface area contributed by atoms with Crippen LogP contribution in [0.5, 0.6) is 0 Å². The van der Waals surface area contributed by atoms with Gasteiger partial charge in [-0.25, -0.2) is 8.78 Å². The molecule has 9 aliphatic rings. The van der Waals surface area contributed by atoms with Gasteiger partial charge in [0, 0.05) is 162 Å². The number of likely N-dealkylation sites (tertiary alicyclic amines) is 1. The Bertz CT molecular complexity index is 3380. The SMILES string of the molecule is C=C(NC)C1(NC(=O)C(C)=O)CC(F)(F)C1.CC(=O)C(=O)CC1(CO)COC1.CC(=O)C(=O)N1CCN(C)CC1.CC(=O)C(=O)NC1(C(F)(F)F)COC1.CC(=O)C(=O)NC1(C)CCCC1.CC(=O)C(=O)NC1(C)CCOCC1.CC(=O)C(=O)NC1(CO)CC1.CC(=O)C(=O)NC1CCCC1.CC(=O)C(=O)NC1CCN(C)CC1. The van der Waals surface area contributed by atoms with E-state index in [1.54, 1.807) is 10.2 Å². The fourth-order valence-corrected chi connectivity index (χ4v) is 11.6. The van der Waals surface area contributed by atoms with Crippen molar-refractivity contribution in [1.82, 2.24) is 57.2 Å². The molecular weight excluding hydrogens is 1520 g/mol. The minimum atomic E-state index is -4.60. The highest BCUT2D eigenvalue weighted by Gasteiger charge is 2.62. The second-order valence-corrected chi connectivity index (χ2v) is 30.6. The number of piperazine rings is 1. The number of Topliss-reactive ketones (excluding diaryl/α,β-unsaturated/α-hetero) is 10. The number of hydrogen-bond acceptors (Lipinski definition) is 26. The van der Waals surface area contributed by atoms with Crippen LogP contribution in [0, 0.1) is 5.41 Å². The Morgan fingerprint density at radius 3 is 1.15 bits per heavy atom. The predicted octanol–water partition coefficient (Wildman–Crippen LogP) is 0.430. The van der Waals surface area contributed by atoms with Gasteiger partial charge in [0.2, 0.25) is 46.3 Å². The summed E-state index contributed by atoms with van der Waals surface area (Å²) < 4.78 is 77.3. The first-order valence-corrected chi connectivity index (χ1v) is 37.4. The van der Waals surface area contributed by atoms with Crippen LogP contribution in [0.15, 0.2) is 12.3 Å². The number of aliphatic hydroxyl groups excluding tert-OH is 2. The van der Waals surface area contributed by atoms with Crippen molar-refractivity contribution in [2.24, 2.45) is 5.41 Å². The summed E-state index contributed by atoms with van der Waals surface area (Å²) >= 11 is 0. The number of piperidine rings is 1. The molecule has 0 aromatic carbocycles. The van der Waals surface area contributed by atoms with Crippen molar-refractivity contribution in [3.63, 3.8) is 0 Å². The van der Waals surface area contributed by atoms with E-state index in [1.807, 2.05) is 20.9 Å². The van der Waals surface area contributed by atoms with Gasteiger partial charge < -0.3 is 81.7 Å². The van der Waals surface area contributed by atoms with Gasteiger partial charge in [0.05, 0.1) is 50.7 Å². The van der Waals surface area contributed by atoms with Crippen molar-refractivity contribution in [1.29, 1.82) is 0 Å². The van der Waals surface area contributed by atoms with Crippen LogP contribution in [0.25, 0.3) is 0 Å². The molecule has 4 saturated carbocycles. The zero-order valence-corrected chi connectivity index (χ0v) is 68.0. The Hall–Kier alpha value is -8.63. The molecule has 5 heterocycles. The van der Waals surface area contributed by atoms with E-state index in [0.717, 1.165) is 117 Å². The smallest absolute Gasteiger partial charge is 0.396 e. The molecule has 9 fully saturated rings. The van der Waals surface area contributed by atoms with E-state index in [-0.39, 0.29) is 60.2 Å². The summed E-state index contributed by atoms with van der Waals surface area (Å²) in [5.74, 6) is -12.7. The number of halogens is 5. The van der Waals surface area contributed by atoms with E-state index < -0.39 is 154 Å². The topological polar surface area (TPSA) is 481 Å². The Morgan fingerprint density at radius 1 is 0.447 bits per heavy atom. The van der Waals surface area contributed by atoms with Gasteiger partial charge in [-0.15, -0.1) is 0 Å². The molecule has 0 aromatic heterocycles. The van der Waals surface area contributed by atoms with Gasteiger partial charge in [0.15, 0.2) is 17.1 Å². The van der Waals surface area contributed by atoms with Crippen molar-refractivity contribution < 1.29 is 133 Å². The Morgan fingerprint density at radius 2 is 0.825 bits per heavy atom. The monoisotopic (exact) mass is 1640 g/mol. The van der Waals surface area contributed by atoms with Crippen molar-refractivity contribution in [3.05, 3.63) is 12.3 Å². The van der Waals surface area contributed by atoms with Crippen LogP contribution in [0.4, 0.5) is 22.0 Å². The molecule has 5 saturated heterocycles. The van der Waals surface area contributed by atoms with Crippen LogP contribution in [-0.4, -0.2) is 295 Å². The molecule has 0 radical (unpaired) electrons. The number of ether oxygens (including phenoxy) is 3. The lowest BCUT2D eigenvalue weighted by atomic mass is 9.71. The Labute approximate surface area is 660 Å². The molecule has 0 bridgehead atoms. The average molecular weight is 1640 g/mol. The van der Waals surface area contributed by atoms with Crippen molar-refractivity contribution >= 4 is 105 Å². The molecule has 10 N–H and O–H groups in total. The maximum absolute atomic E-state index is 12.9. The summed E-state index contributed by atoms with van der Waals surface area (Å²) in [7, 11) is 5.60. The molecule has 8 amide bonds. The van der Waals surface area contributed by atoms with Crippen molar-refractivity contribution in [3.8, 4) is 0 Å². The Balaban J connectivity index is 0.000000643. The molecule has 39 heteroatoms. The van der Waals surface area contributed by atoms with Gasteiger partial charge in [0.25, 0.3) is 53.2 Å². The van der Waals surface area contributed by atoms with E-state index in [2.05, 4.69) is 65.4 Å². The lowest BCUT2D eigenvalue weighted by Crippen LogP contribution is -2.71. The molecule has 4 aliphatic carbocycles. The zero-order valence-electron chi connectivity index (χ0n) is 68.0. The van der Waals surface area contributed by atoms with Gasteiger partial charge in [-0.1, -0.05) is 32.3 Å². The largest absolute Gasteiger partial charge is 0.416 e. The van der Waals surface area contributed by atoms with E-state index >= 15 is 0 Å². The number of carbonyl (C=O) groups excluding carboxylic acids is 18. The average Bonchev–Trinajstić information content (AvgIpc) is 1.01. The first-order valence-electron chi connectivity index (χ1n) is 37.4. The highest BCUT2D eigenvalue weighted by atomic mass is 19.4. The molecule has 0 unspecified atom stereocenters. The lowest BCUT2D eigenvalue weighted by molar-refractivity contribution is -0.265. The van der Waals surface area contributed by atoms with E-state index in [9.17, 15) is 108 Å². The third-order valence-electron chi connectivity index (χ3n) is 19.8. The molecular formula is C75H118F5N11O23. The summed E-state index contributed by atoms with van der Waals surface area (Å²) in [5.41, 5.74) is -4.63.